The molecule has 0 aliphatic carbocycles. The number of benzene rings is 1. The van der Waals surface area contributed by atoms with Crippen molar-refractivity contribution in [2.75, 3.05) is 0 Å². The van der Waals surface area contributed by atoms with Crippen LogP contribution in [0.25, 0.3) is 0 Å². The maximum atomic E-state index is 13.0. The lowest BCUT2D eigenvalue weighted by Crippen LogP contribution is -2.30. The average molecular weight is 337 g/mol. The zero-order chi connectivity index (χ0) is 14.5. The van der Waals surface area contributed by atoms with Gasteiger partial charge in [-0.3, -0.25) is 4.98 Å². The molecule has 1 aromatic carbocycles. The smallest absolute Gasteiger partial charge is 0.141 e. The summed E-state index contributed by atoms with van der Waals surface area (Å²) in [6.07, 6.45) is 2.07. The van der Waals surface area contributed by atoms with E-state index in [4.69, 9.17) is 0 Å². The van der Waals surface area contributed by atoms with Gasteiger partial charge in [0.1, 0.15) is 5.82 Å². The van der Waals surface area contributed by atoms with Crippen molar-refractivity contribution < 1.29 is 4.39 Å². The first-order valence-corrected chi connectivity index (χ1v) is 7.46. The number of aromatic nitrogens is 1. The molecule has 1 aromatic heterocycles. The van der Waals surface area contributed by atoms with Gasteiger partial charge in [-0.15, -0.1) is 0 Å². The number of rotatable bonds is 5. The van der Waals surface area contributed by atoms with Crippen molar-refractivity contribution in [3.05, 3.63) is 64.1 Å². The van der Waals surface area contributed by atoms with Crippen LogP contribution in [0.4, 0.5) is 4.39 Å². The summed E-state index contributed by atoms with van der Waals surface area (Å²) < 4.78 is 14.1. The number of hydrogen-bond acceptors (Lipinski definition) is 2. The van der Waals surface area contributed by atoms with Crippen LogP contribution < -0.4 is 5.32 Å². The fraction of sp³-hybridized carbons (Fsp3) is 0.312. The zero-order valence-electron chi connectivity index (χ0n) is 11.6. The first-order valence-electron chi connectivity index (χ1n) is 6.67. The van der Waals surface area contributed by atoms with Crippen LogP contribution in [-0.2, 0) is 6.42 Å². The molecule has 0 bridgehead atoms. The molecule has 0 fully saturated rings. The summed E-state index contributed by atoms with van der Waals surface area (Å²) in [7, 11) is 0. The van der Waals surface area contributed by atoms with E-state index in [1.807, 2.05) is 18.2 Å². The molecule has 0 radical (unpaired) electrons. The molecule has 106 valence electrons. The monoisotopic (exact) mass is 336 g/mol. The van der Waals surface area contributed by atoms with Crippen LogP contribution in [0.3, 0.4) is 0 Å². The van der Waals surface area contributed by atoms with E-state index in [2.05, 4.69) is 46.1 Å². The lowest BCUT2D eigenvalue weighted by Gasteiger charge is -2.21. The summed E-state index contributed by atoms with van der Waals surface area (Å²) >= 11 is 3.57. The highest BCUT2D eigenvalue weighted by atomic mass is 79.9. The summed E-state index contributed by atoms with van der Waals surface area (Å²) in [5.74, 6) is -0.307. The van der Waals surface area contributed by atoms with Gasteiger partial charge in [0.15, 0.2) is 0 Å². The Morgan fingerprint density at radius 3 is 2.55 bits per heavy atom. The van der Waals surface area contributed by atoms with E-state index in [1.54, 1.807) is 6.07 Å². The van der Waals surface area contributed by atoms with E-state index >= 15 is 0 Å². The van der Waals surface area contributed by atoms with Gasteiger partial charge in [0.25, 0.3) is 0 Å². The van der Waals surface area contributed by atoms with Gasteiger partial charge >= 0.3 is 0 Å². The Morgan fingerprint density at radius 2 is 1.95 bits per heavy atom. The second-order valence-corrected chi connectivity index (χ2v) is 5.93. The van der Waals surface area contributed by atoms with Crippen LogP contribution in [0, 0.1) is 5.82 Å². The van der Waals surface area contributed by atoms with Crippen molar-refractivity contribution >= 4 is 15.9 Å². The molecule has 0 saturated heterocycles. The van der Waals surface area contributed by atoms with Gasteiger partial charge in [-0.25, -0.2) is 4.39 Å². The van der Waals surface area contributed by atoms with E-state index < -0.39 is 0 Å². The first-order chi connectivity index (χ1) is 9.56. The maximum absolute atomic E-state index is 13.0. The van der Waals surface area contributed by atoms with E-state index in [1.165, 1.54) is 17.8 Å². The first kappa shape index (κ1) is 15.1. The Bertz CT molecular complexity index is 555. The minimum Gasteiger partial charge on any atom is -0.306 e. The standard InChI is InChI=1S/C16H18BrFN2/c1-11(2)20-16(15-8-7-13(18)10-19-15)9-12-5-3-4-6-14(12)17/h3-8,10-11,16,20H,9H2,1-2H3. The second kappa shape index (κ2) is 6.95. The molecule has 2 aromatic rings. The van der Waals surface area contributed by atoms with Crippen molar-refractivity contribution in [1.29, 1.82) is 0 Å². The molecule has 0 saturated carbocycles. The Kier molecular flexibility index (Phi) is 5.26. The van der Waals surface area contributed by atoms with Crippen LogP contribution >= 0.6 is 15.9 Å². The molecule has 1 N–H and O–H groups in total. The van der Waals surface area contributed by atoms with Crippen molar-refractivity contribution in [3.63, 3.8) is 0 Å². The molecule has 4 heteroatoms. The van der Waals surface area contributed by atoms with Gasteiger partial charge in [-0.05, 0) is 30.2 Å². The maximum Gasteiger partial charge on any atom is 0.141 e. The zero-order valence-corrected chi connectivity index (χ0v) is 13.2. The third-order valence-electron chi connectivity index (χ3n) is 3.02. The van der Waals surface area contributed by atoms with Crippen LogP contribution in [0.5, 0.6) is 0 Å². The van der Waals surface area contributed by atoms with Crippen LogP contribution in [0.2, 0.25) is 0 Å². The van der Waals surface area contributed by atoms with Gasteiger partial charge in [0.2, 0.25) is 0 Å². The Balaban J connectivity index is 2.24. The topological polar surface area (TPSA) is 24.9 Å². The van der Waals surface area contributed by atoms with E-state index in [0.29, 0.717) is 6.04 Å². The molecular formula is C16H18BrFN2. The third-order valence-corrected chi connectivity index (χ3v) is 3.80. The SMILES string of the molecule is CC(C)NC(Cc1ccccc1Br)c1ccc(F)cn1. The Hall–Kier alpha value is -1.26. The minimum atomic E-state index is -0.307. The fourth-order valence-corrected chi connectivity index (χ4v) is 2.58. The molecule has 0 aliphatic heterocycles. The molecule has 2 nitrogen and oxygen atoms in total. The highest BCUT2D eigenvalue weighted by Crippen LogP contribution is 2.23. The van der Waals surface area contributed by atoms with Crippen LogP contribution in [0.1, 0.15) is 31.1 Å². The molecule has 1 atom stereocenters. The van der Waals surface area contributed by atoms with E-state index in [-0.39, 0.29) is 11.9 Å². The number of nitrogens with zero attached hydrogens (tertiary/aromatic N) is 1. The Labute approximate surface area is 127 Å². The number of nitrogens with one attached hydrogen (secondary N) is 1. The molecule has 1 unspecified atom stereocenters. The third kappa shape index (κ3) is 4.12. The second-order valence-electron chi connectivity index (χ2n) is 5.07. The number of halogens is 2. The number of hydrogen-bond donors (Lipinski definition) is 1. The highest BCUT2D eigenvalue weighted by molar-refractivity contribution is 9.10. The molecule has 0 amide bonds. The summed E-state index contributed by atoms with van der Waals surface area (Å²) in [4.78, 5) is 4.20. The van der Waals surface area contributed by atoms with Gasteiger partial charge in [-0.1, -0.05) is 48.0 Å². The quantitative estimate of drug-likeness (QED) is 0.882. The van der Waals surface area contributed by atoms with Gasteiger partial charge in [0, 0.05) is 10.5 Å². The van der Waals surface area contributed by atoms with Crippen LogP contribution in [-0.4, -0.2) is 11.0 Å². The molecule has 0 spiro atoms. The predicted octanol–water partition coefficient (Wildman–Crippen LogP) is 4.27. The van der Waals surface area contributed by atoms with Crippen molar-refractivity contribution in [1.82, 2.24) is 10.3 Å². The largest absolute Gasteiger partial charge is 0.306 e. The van der Waals surface area contributed by atoms with Gasteiger partial charge < -0.3 is 5.32 Å². The summed E-state index contributed by atoms with van der Waals surface area (Å²) in [6, 6.07) is 11.7. The predicted molar refractivity (Wildman–Crippen MR) is 83.1 cm³/mol. The lowest BCUT2D eigenvalue weighted by molar-refractivity contribution is 0.464. The molecule has 2 rings (SSSR count). The van der Waals surface area contributed by atoms with Gasteiger partial charge in [-0.2, -0.15) is 0 Å². The fourth-order valence-electron chi connectivity index (χ4n) is 2.13. The van der Waals surface area contributed by atoms with Crippen molar-refractivity contribution in [2.24, 2.45) is 0 Å². The van der Waals surface area contributed by atoms with Gasteiger partial charge in [0.05, 0.1) is 17.9 Å². The minimum absolute atomic E-state index is 0.0642. The molecule has 0 aliphatic rings. The molecule has 1 heterocycles. The summed E-state index contributed by atoms with van der Waals surface area (Å²) in [5.41, 5.74) is 2.06. The van der Waals surface area contributed by atoms with Crippen molar-refractivity contribution in [2.45, 2.75) is 32.4 Å². The number of pyridine rings is 1. The average Bonchev–Trinajstić information content (AvgIpc) is 2.41. The van der Waals surface area contributed by atoms with Crippen molar-refractivity contribution in [3.8, 4) is 0 Å². The van der Waals surface area contributed by atoms with Crippen LogP contribution in [0.15, 0.2) is 47.1 Å². The highest BCUT2D eigenvalue weighted by Gasteiger charge is 2.16. The molecular weight excluding hydrogens is 319 g/mol. The normalized spacial score (nSPS) is 12.7. The summed E-state index contributed by atoms with van der Waals surface area (Å²) in [5, 5.41) is 3.49. The summed E-state index contributed by atoms with van der Waals surface area (Å²) in [6.45, 7) is 4.19. The lowest BCUT2D eigenvalue weighted by atomic mass is 10.0. The Morgan fingerprint density at radius 1 is 1.20 bits per heavy atom. The molecule has 20 heavy (non-hydrogen) atoms. The van der Waals surface area contributed by atoms with E-state index in [9.17, 15) is 4.39 Å². The van der Waals surface area contributed by atoms with E-state index in [0.717, 1.165) is 16.6 Å².